The standard InChI is InChI=1S/C19H19FN2O2/c20-11-16(10-15-12-21-18-9-5-4-8-17(15)18)22-19(23)24-13-14-6-2-1-3-7-14/h1-9,12,16,21H,10-11,13H2,(H,22,23)/t16-/m0/s1. The molecule has 24 heavy (non-hydrogen) atoms. The Morgan fingerprint density at radius 3 is 2.67 bits per heavy atom. The molecule has 5 heteroatoms. The highest BCUT2D eigenvalue weighted by Gasteiger charge is 2.16. The molecule has 0 aliphatic rings. The molecule has 0 saturated heterocycles. The zero-order valence-corrected chi connectivity index (χ0v) is 13.2. The number of para-hydroxylation sites is 1. The molecular weight excluding hydrogens is 307 g/mol. The summed E-state index contributed by atoms with van der Waals surface area (Å²) in [4.78, 5) is 15.0. The minimum absolute atomic E-state index is 0.165. The summed E-state index contributed by atoms with van der Waals surface area (Å²) in [5.41, 5.74) is 2.86. The average molecular weight is 326 g/mol. The van der Waals surface area contributed by atoms with Gasteiger partial charge in [0.1, 0.15) is 13.3 Å². The SMILES string of the molecule is O=C(N[C@H](CF)Cc1c[nH]c2ccccc12)OCc1ccccc1. The molecule has 0 aliphatic carbocycles. The zero-order valence-electron chi connectivity index (χ0n) is 13.2. The van der Waals surface area contributed by atoms with Crippen LogP contribution in [0.4, 0.5) is 9.18 Å². The van der Waals surface area contributed by atoms with E-state index in [9.17, 15) is 9.18 Å². The normalized spacial score (nSPS) is 12.0. The molecule has 2 N–H and O–H groups in total. The quantitative estimate of drug-likeness (QED) is 0.720. The molecule has 2 aromatic carbocycles. The predicted molar refractivity (Wildman–Crippen MR) is 91.5 cm³/mol. The third kappa shape index (κ3) is 3.93. The van der Waals surface area contributed by atoms with Crippen molar-refractivity contribution >= 4 is 17.0 Å². The molecule has 1 aromatic heterocycles. The molecule has 0 radical (unpaired) electrons. The smallest absolute Gasteiger partial charge is 0.407 e. The number of aromatic nitrogens is 1. The molecule has 0 unspecified atom stereocenters. The van der Waals surface area contributed by atoms with Crippen LogP contribution in [-0.2, 0) is 17.8 Å². The largest absolute Gasteiger partial charge is 0.445 e. The van der Waals surface area contributed by atoms with Crippen molar-refractivity contribution in [2.75, 3.05) is 6.67 Å². The van der Waals surface area contributed by atoms with E-state index in [0.29, 0.717) is 6.42 Å². The number of fused-ring (bicyclic) bond motifs is 1. The highest BCUT2D eigenvalue weighted by Crippen LogP contribution is 2.19. The Kier molecular flexibility index (Phi) is 5.11. The summed E-state index contributed by atoms with van der Waals surface area (Å²) in [6, 6.07) is 16.6. The lowest BCUT2D eigenvalue weighted by Gasteiger charge is -2.15. The number of nitrogens with one attached hydrogen (secondary N) is 2. The lowest BCUT2D eigenvalue weighted by molar-refractivity contribution is 0.133. The number of alkyl halides is 1. The summed E-state index contributed by atoms with van der Waals surface area (Å²) < 4.78 is 18.4. The fourth-order valence-electron chi connectivity index (χ4n) is 2.64. The van der Waals surface area contributed by atoms with Gasteiger partial charge in [-0.3, -0.25) is 0 Å². The number of H-pyrrole nitrogens is 1. The Morgan fingerprint density at radius 1 is 1.12 bits per heavy atom. The van der Waals surface area contributed by atoms with Crippen molar-refractivity contribution in [3.05, 3.63) is 71.9 Å². The maximum atomic E-state index is 13.3. The van der Waals surface area contributed by atoms with Crippen molar-refractivity contribution < 1.29 is 13.9 Å². The summed E-state index contributed by atoms with van der Waals surface area (Å²) in [6.45, 7) is -0.487. The average Bonchev–Trinajstić information content (AvgIpc) is 3.03. The topological polar surface area (TPSA) is 54.1 Å². The molecule has 1 heterocycles. The molecule has 0 spiro atoms. The number of amides is 1. The summed E-state index contributed by atoms with van der Waals surface area (Å²) >= 11 is 0. The highest BCUT2D eigenvalue weighted by atomic mass is 19.1. The summed E-state index contributed by atoms with van der Waals surface area (Å²) in [5, 5.41) is 3.63. The van der Waals surface area contributed by atoms with Crippen LogP contribution < -0.4 is 5.32 Å². The number of benzene rings is 2. The molecule has 4 nitrogen and oxygen atoms in total. The summed E-state index contributed by atoms with van der Waals surface area (Å²) in [7, 11) is 0. The van der Waals surface area contributed by atoms with Gasteiger partial charge in [-0.1, -0.05) is 48.5 Å². The molecule has 0 aliphatic heterocycles. The van der Waals surface area contributed by atoms with E-state index < -0.39 is 18.8 Å². The summed E-state index contributed by atoms with van der Waals surface area (Å²) in [6.07, 6.45) is 1.65. The van der Waals surface area contributed by atoms with Gasteiger partial charge in [-0.15, -0.1) is 0 Å². The number of hydrogen-bond acceptors (Lipinski definition) is 2. The first-order chi connectivity index (χ1) is 11.8. The number of alkyl carbamates (subject to hydrolysis) is 1. The fraction of sp³-hybridized carbons (Fsp3) is 0.211. The third-order valence-corrected chi connectivity index (χ3v) is 3.86. The second-order valence-corrected chi connectivity index (χ2v) is 5.62. The van der Waals surface area contributed by atoms with E-state index >= 15 is 0 Å². The predicted octanol–water partition coefficient (Wildman–Crippen LogP) is 3.97. The van der Waals surface area contributed by atoms with Gasteiger partial charge < -0.3 is 15.0 Å². The van der Waals surface area contributed by atoms with E-state index in [4.69, 9.17) is 4.74 Å². The molecule has 3 rings (SSSR count). The second-order valence-electron chi connectivity index (χ2n) is 5.62. The molecule has 3 aromatic rings. The van der Waals surface area contributed by atoms with Crippen LogP contribution in [0.5, 0.6) is 0 Å². The van der Waals surface area contributed by atoms with Gasteiger partial charge in [0.2, 0.25) is 0 Å². The van der Waals surface area contributed by atoms with Crippen molar-refractivity contribution in [3.63, 3.8) is 0 Å². The number of carbonyl (C=O) groups is 1. The molecule has 0 fully saturated rings. The summed E-state index contributed by atoms with van der Waals surface area (Å²) in [5.74, 6) is 0. The number of ether oxygens (including phenoxy) is 1. The fourth-order valence-corrected chi connectivity index (χ4v) is 2.64. The van der Waals surface area contributed by atoms with Crippen LogP contribution in [-0.4, -0.2) is 23.8 Å². The first-order valence-corrected chi connectivity index (χ1v) is 7.84. The van der Waals surface area contributed by atoms with Crippen LogP contribution in [0.2, 0.25) is 0 Å². The van der Waals surface area contributed by atoms with Gasteiger partial charge >= 0.3 is 6.09 Å². The minimum Gasteiger partial charge on any atom is -0.445 e. The number of halogens is 1. The zero-order chi connectivity index (χ0) is 16.8. The third-order valence-electron chi connectivity index (χ3n) is 3.86. The number of rotatable bonds is 6. The van der Waals surface area contributed by atoms with Crippen LogP contribution in [0, 0.1) is 0 Å². The highest BCUT2D eigenvalue weighted by molar-refractivity contribution is 5.83. The Bertz CT molecular complexity index is 801. The van der Waals surface area contributed by atoms with Crippen molar-refractivity contribution in [2.24, 2.45) is 0 Å². The molecule has 0 saturated carbocycles. The van der Waals surface area contributed by atoms with E-state index in [-0.39, 0.29) is 6.61 Å². The van der Waals surface area contributed by atoms with E-state index in [1.807, 2.05) is 60.8 Å². The van der Waals surface area contributed by atoms with E-state index in [0.717, 1.165) is 22.0 Å². The van der Waals surface area contributed by atoms with Crippen molar-refractivity contribution in [3.8, 4) is 0 Å². The maximum absolute atomic E-state index is 13.3. The second kappa shape index (κ2) is 7.64. The first kappa shape index (κ1) is 16.1. The van der Waals surface area contributed by atoms with E-state index in [1.54, 1.807) is 0 Å². The monoisotopic (exact) mass is 326 g/mol. The van der Waals surface area contributed by atoms with Gasteiger partial charge in [0.05, 0.1) is 6.04 Å². The van der Waals surface area contributed by atoms with Crippen LogP contribution >= 0.6 is 0 Å². The van der Waals surface area contributed by atoms with Crippen LogP contribution in [0.3, 0.4) is 0 Å². The Hall–Kier alpha value is -2.82. The van der Waals surface area contributed by atoms with Crippen LogP contribution in [0.1, 0.15) is 11.1 Å². The van der Waals surface area contributed by atoms with Crippen LogP contribution in [0.15, 0.2) is 60.8 Å². The lowest BCUT2D eigenvalue weighted by atomic mass is 10.1. The van der Waals surface area contributed by atoms with Gasteiger partial charge in [-0.2, -0.15) is 0 Å². The van der Waals surface area contributed by atoms with E-state index in [1.165, 1.54) is 0 Å². The van der Waals surface area contributed by atoms with Gasteiger partial charge in [-0.25, -0.2) is 9.18 Å². The number of carbonyl (C=O) groups excluding carboxylic acids is 1. The van der Waals surface area contributed by atoms with Crippen molar-refractivity contribution in [2.45, 2.75) is 19.1 Å². The number of hydrogen-bond donors (Lipinski definition) is 2. The Balaban J connectivity index is 1.57. The molecule has 0 bridgehead atoms. The van der Waals surface area contributed by atoms with E-state index in [2.05, 4.69) is 10.3 Å². The van der Waals surface area contributed by atoms with Crippen molar-refractivity contribution in [1.29, 1.82) is 0 Å². The van der Waals surface area contributed by atoms with Crippen molar-refractivity contribution in [1.82, 2.24) is 10.3 Å². The molecule has 124 valence electrons. The minimum atomic E-state index is -0.653. The van der Waals surface area contributed by atoms with Gasteiger partial charge in [0, 0.05) is 17.1 Å². The molecule has 1 amide bonds. The van der Waals surface area contributed by atoms with Gasteiger partial charge in [0.15, 0.2) is 0 Å². The van der Waals surface area contributed by atoms with Gasteiger partial charge in [0.25, 0.3) is 0 Å². The number of aromatic amines is 1. The van der Waals surface area contributed by atoms with Crippen LogP contribution in [0.25, 0.3) is 10.9 Å². The lowest BCUT2D eigenvalue weighted by Crippen LogP contribution is -2.38. The molecule has 1 atom stereocenters. The molecular formula is C19H19FN2O2. The maximum Gasteiger partial charge on any atom is 0.407 e. The Morgan fingerprint density at radius 2 is 1.88 bits per heavy atom. The van der Waals surface area contributed by atoms with Gasteiger partial charge in [-0.05, 0) is 23.6 Å². The first-order valence-electron chi connectivity index (χ1n) is 7.84. The Labute approximate surface area is 139 Å².